The number of imide groups is 1. The molecular formula is C22H20ClN3O4S. The van der Waals surface area contributed by atoms with Crippen LogP contribution in [-0.2, 0) is 14.3 Å². The van der Waals surface area contributed by atoms with Gasteiger partial charge in [0.1, 0.15) is 6.54 Å². The van der Waals surface area contributed by atoms with Crippen LogP contribution in [-0.4, -0.2) is 54.8 Å². The lowest BCUT2D eigenvalue weighted by molar-refractivity contribution is -0.127. The largest absolute Gasteiger partial charge is 0.378 e. The summed E-state index contributed by atoms with van der Waals surface area (Å²) in [6.45, 7) is 2.36. The number of benzene rings is 2. The van der Waals surface area contributed by atoms with Crippen LogP contribution in [0.4, 0.5) is 16.2 Å². The first kappa shape index (κ1) is 21.4. The zero-order valence-corrected chi connectivity index (χ0v) is 18.1. The number of nitrogens with zero attached hydrogens (tertiary/aromatic N) is 2. The van der Waals surface area contributed by atoms with E-state index in [0.717, 1.165) is 41.0 Å². The summed E-state index contributed by atoms with van der Waals surface area (Å²) in [6.07, 6.45) is 1.62. The molecule has 0 radical (unpaired) electrons. The Labute approximate surface area is 189 Å². The van der Waals surface area contributed by atoms with E-state index in [1.54, 1.807) is 36.4 Å². The Balaban J connectivity index is 1.44. The summed E-state index contributed by atoms with van der Waals surface area (Å²) in [5.74, 6) is -0.919. The van der Waals surface area contributed by atoms with E-state index in [0.29, 0.717) is 23.9 Å². The second-order valence-electron chi connectivity index (χ2n) is 6.98. The van der Waals surface area contributed by atoms with Gasteiger partial charge in [0.15, 0.2) is 0 Å². The molecule has 0 aromatic heterocycles. The van der Waals surface area contributed by atoms with Crippen molar-refractivity contribution in [3.05, 3.63) is 64.0 Å². The molecule has 0 bridgehead atoms. The number of ether oxygens (including phenoxy) is 1. The van der Waals surface area contributed by atoms with Crippen LogP contribution in [0.3, 0.4) is 0 Å². The normalized spacial score (nSPS) is 18.0. The molecule has 9 heteroatoms. The molecule has 7 nitrogen and oxygen atoms in total. The van der Waals surface area contributed by atoms with Gasteiger partial charge in [-0.25, -0.2) is 0 Å². The lowest BCUT2D eigenvalue weighted by Gasteiger charge is -2.30. The topological polar surface area (TPSA) is 79.0 Å². The number of morpholine rings is 1. The third kappa shape index (κ3) is 5.10. The highest BCUT2D eigenvalue weighted by molar-refractivity contribution is 8.18. The zero-order chi connectivity index (χ0) is 21.8. The van der Waals surface area contributed by atoms with E-state index in [9.17, 15) is 14.4 Å². The monoisotopic (exact) mass is 457 g/mol. The van der Waals surface area contributed by atoms with Crippen molar-refractivity contribution in [3.8, 4) is 0 Å². The molecule has 3 amide bonds. The molecule has 0 spiro atoms. The lowest BCUT2D eigenvalue weighted by atomic mass is 10.2. The Kier molecular flexibility index (Phi) is 6.60. The molecular weight excluding hydrogens is 438 g/mol. The molecule has 2 aromatic rings. The molecule has 2 aliphatic rings. The van der Waals surface area contributed by atoms with E-state index in [2.05, 4.69) is 10.2 Å². The molecule has 2 saturated heterocycles. The van der Waals surface area contributed by atoms with E-state index >= 15 is 0 Å². The molecule has 4 rings (SSSR count). The molecule has 2 fully saturated rings. The van der Waals surface area contributed by atoms with Crippen molar-refractivity contribution < 1.29 is 19.1 Å². The van der Waals surface area contributed by atoms with Gasteiger partial charge in [-0.2, -0.15) is 0 Å². The summed E-state index contributed by atoms with van der Waals surface area (Å²) in [7, 11) is 0. The Hall–Kier alpha value is -2.81. The van der Waals surface area contributed by atoms with Gasteiger partial charge in [-0.1, -0.05) is 35.9 Å². The highest BCUT2D eigenvalue weighted by atomic mass is 35.5. The fraction of sp³-hybridized carbons (Fsp3) is 0.227. The number of para-hydroxylation sites is 2. The van der Waals surface area contributed by atoms with Crippen LogP contribution in [0.25, 0.3) is 6.08 Å². The number of amides is 3. The Morgan fingerprint density at radius 2 is 1.81 bits per heavy atom. The van der Waals surface area contributed by atoms with Crippen molar-refractivity contribution in [2.75, 3.05) is 43.1 Å². The number of hydrogen-bond donors (Lipinski definition) is 1. The second kappa shape index (κ2) is 9.55. The van der Waals surface area contributed by atoms with Gasteiger partial charge in [-0.3, -0.25) is 19.3 Å². The summed E-state index contributed by atoms with van der Waals surface area (Å²) in [5, 5.41) is 2.95. The molecule has 0 aliphatic carbocycles. The summed E-state index contributed by atoms with van der Waals surface area (Å²) in [4.78, 5) is 41.0. The highest BCUT2D eigenvalue weighted by Crippen LogP contribution is 2.32. The van der Waals surface area contributed by atoms with Crippen molar-refractivity contribution in [1.29, 1.82) is 0 Å². The van der Waals surface area contributed by atoms with Crippen LogP contribution >= 0.6 is 23.4 Å². The minimum atomic E-state index is -0.485. The van der Waals surface area contributed by atoms with Crippen molar-refractivity contribution in [2.45, 2.75) is 0 Å². The average molecular weight is 458 g/mol. The van der Waals surface area contributed by atoms with E-state index in [4.69, 9.17) is 16.3 Å². The Morgan fingerprint density at radius 3 is 2.55 bits per heavy atom. The van der Waals surface area contributed by atoms with Crippen LogP contribution in [0.2, 0.25) is 5.02 Å². The molecule has 0 saturated carbocycles. The first-order valence-corrected chi connectivity index (χ1v) is 10.9. The molecule has 160 valence electrons. The molecule has 0 atom stereocenters. The number of thioether (sulfide) groups is 1. The first-order valence-electron chi connectivity index (χ1n) is 9.74. The van der Waals surface area contributed by atoms with Crippen molar-refractivity contribution >= 4 is 57.9 Å². The van der Waals surface area contributed by atoms with Gasteiger partial charge in [-0.15, -0.1) is 0 Å². The van der Waals surface area contributed by atoms with Gasteiger partial charge < -0.3 is 15.0 Å². The molecule has 2 heterocycles. The van der Waals surface area contributed by atoms with Gasteiger partial charge in [0.25, 0.3) is 11.1 Å². The third-order valence-corrected chi connectivity index (χ3v) is 6.03. The summed E-state index contributed by atoms with van der Waals surface area (Å²) >= 11 is 6.70. The first-order chi connectivity index (χ1) is 15.0. The lowest BCUT2D eigenvalue weighted by Crippen LogP contribution is -2.38. The minimum Gasteiger partial charge on any atom is -0.378 e. The molecule has 2 aromatic carbocycles. The maximum Gasteiger partial charge on any atom is 0.294 e. The quantitative estimate of drug-likeness (QED) is 0.687. The molecule has 0 unspecified atom stereocenters. The number of nitrogens with one attached hydrogen (secondary N) is 1. The van der Waals surface area contributed by atoms with Gasteiger partial charge in [0.2, 0.25) is 5.91 Å². The summed E-state index contributed by atoms with van der Waals surface area (Å²) in [5.41, 5.74) is 2.27. The van der Waals surface area contributed by atoms with Crippen LogP contribution in [0.5, 0.6) is 0 Å². The fourth-order valence-electron chi connectivity index (χ4n) is 3.34. The van der Waals surface area contributed by atoms with Gasteiger partial charge in [0.05, 0.1) is 29.5 Å². The summed E-state index contributed by atoms with van der Waals surface area (Å²) in [6, 6.07) is 14.4. The second-order valence-corrected chi connectivity index (χ2v) is 8.41. The molecule has 31 heavy (non-hydrogen) atoms. The predicted octanol–water partition coefficient (Wildman–Crippen LogP) is 3.85. The third-order valence-electron chi connectivity index (χ3n) is 4.87. The predicted molar refractivity (Wildman–Crippen MR) is 122 cm³/mol. The van der Waals surface area contributed by atoms with Gasteiger partial charge in [0, 0.05) is 18.1 Å². The maximum absolute atomic E-state index is 12.7. The Morgan fingerprint density at radius 1 is 1.10 bits per heavy atom. The van der Waals surface area contributed by atoms with E-state index in [1.807, 2.05) is 18.2 Å². The van der Waals surface area contributed by atoms with Gasteiger partial charge in [-0.05, 0) is 47.7 Å². The number of halogens is 1. The molecule has 1 N–H and O–H groups in total. The van der Waals surface area contributed by atoms with E-state index in [1.165, 1.54) is 0 Å². The maximum atomic E-state index is 12.7. The Bertz CT molecular complexity index is 1040. The van der Waals surface area contributed by atoms with Crippen molar-refractivity contribution in [1.82, 2.24) is 4.90 Å². The zero-order valence-electron chi connectivity index (χ0n) is 16.5. The standard InChI is InChI=1S/C22H20ClN3O4S/c23-16-7-5-15(6-8-16)13-19-21(28)26(22(29)31-19)14-20(27)24-17-3-1-2-4-18(17)25-9-11-30-12-10-25/h1-8,13H,9-12,14H2,(H,24,27)/b19-13+. The van der Waals surface area contributed by atoms with Crippen LogP contribution in [0.15, 0.2) is 53.4 Å². The molecule has 2 aliphatic heterocycles. The van der Waals surface area contributed by atoms with E-state index < -0.39 is 17.1 Å². The van der Waals surface area contributed by atoms with Gasteiger partial charge >= 0.3 is 0 Å². The van der Waals surface area contributed by atoms with E-state index in [-0.39, 0.29) is 11.4 Å². The summed E-state index contributed by atoms with van der Waals surface area (Å²) < 4.78 is 5.39. The number of carbonyl (C=O) groups excluding carboxylic acids is 3. The fourth-order valence-corrected chi connectivity index (χ4v) is 4.30. The highest BCUT2D eigenvalue weighted by Gasteiger charge is 2.36. The number of hydrogen-bond acceptors (Lipinski definition) is 6. The number of rotatable bonds is 5. The van der Waals surface area contributed by atoms with Crippen LogP contribution < -0.4 is 10.2 Å². The van der Waals surface area contributed by atoms with Crippen molar-refractivity contribution in [3.63, 3.8) is 0 Å². The van der Waals surface area contributed by atoms with Crippen LogP contribution in [0.1, 0.15) is 5.56 Å². The number of anilines is 2. The van der Waals surface area contributed by atoms with Crippen LogP contribution in [0, 0.1) is 0 Å². The average Bonchev–Trinajstić information content (AvgIpc) is 3.03. The minimum absolute atomic E-state index is 0.272. The SMILES string of the molecule is O=C(CN1C(=O)S/C(=C/c2ccc(Cl)cc2)C1=O)Nc1ccccc1N1CCOCC1. The van der Waals surface area contributed by atoms with Crippen molar-refractivity contribution in [2.24, 2.45) is 0 Å². The smallest absolute Gasteiger partial charge is 0.294 e. The number of carbonyl (C=O) groups is 3.